The van der Waals surface area contributed by atoms with E-state index in [-0.39, 0.29) is 28.1 Å². The lowest BCUT2D eigenvalue weighted by Gasteiger charge is -2.12. The fraction of sp³-hybridized carbons (Fsp3) is 0.0417. The number of benzene rings is 3. The predicted molar refractivity (Wildman–Crippen MR) is 129 cm³/mol. The standard InChI is InChI=1S/C24H14BrCl2NO5/c1-31-20-12-13(10-18(27)21(20)32-23(29)14-6-8-15(26)9-7-14)11-19-24(30)33-22(28-19)16-4-2-3-5-17(16)25/h2-12H,1H3/b19-11-. The molecule has 33 heavy (non-hydrogen) atoms. The van der Waals surface area contributed by atoms with E-state index in [2.05, 4.69) is 20.9 Å². The van der Waals surface area contributed by atoms with Crippen LogP contribution in [-0.4, -0.2) is 24.9 Å². The average molecular weight is 547 g/mol. The second kappa shape index (κ2) is 9.79. The summed E-state index contributed by atoms with van der Waals surface area (Å²) in [6, 6.07) is 16.6. The number of halogens is 3. The molecule has 0 aliphatic carbocycles. The molecular weight excluding hydrogens is 533 g/mol. The molecule has 9 heteroatoms. The quantitative estimate of drug-likeness (QED) is 0.212. The Morgan fingerprint density at radius 2 is 1.82 bits per heavy atom. The van der Waals surface area contributed by atoms with E-state index in [4.69, 9.17) is 37.4 Å². The molecule has 0 atom stereocenters. The van der Waals surface area contributed by atoms with Gasteiger partial charge in [0.1, 0.15) is 0 Å². The molecule has 4 rings (SSSR count). The van der Waals surface area contributed by atoms with Crippen LogP contribution in [0.4, 0.5) is 0 Å². The maximum atomic E-state index is 12.5. The number of esters is 2. The van der Waals surface area contributed by atoms with E-state index >= 15 is 0 Å². The molecule has 0 fully saturated rings. The summed E-state index contributed by atoms with van der Waals surface area (Å²) in [5.74, 6) is -0.787. The van der Waals surface area contributed by atoms with Crippen LogP contribution >= 0.6 is 39.1 Å². The maximum absolute atomic E-state index is 12.5. The molecule has 0 amide bonds. The van der Waals surface area contributed by atoms with E-state index in [1.54, 1.807) is 24.3 Å². The summed E-state index contributed by atoms with van der Waals surface area (Å²) in [5.41, 5.74) is 1.54. The molecule has 0 aromatic heterocycles. The smallest absolute Gasteiger partial charge is 0.363 e. The number of rotatable bonds is 5. The van der Waals surface area contributed by atoms with Crippen molar-refractivity contribution in [2.75, 3.05) is 7.11 Å². The van der Waals surface area contributed by atoms with E-state index in [1.807, 2.05) is 18.2 Å². The van der Waals surface area contributed by atoms with Crippen molar-refractivity contribution in [3.63, 3.8) is 0 Å². The van der Waals surface area contributed by atoms with Gasteiger partial charge in [-0.15, -0.1) is 0 Å². The molecule has 0 saturated heterocycles. The average Bonchev–Trinajstić information content (AvgIpc) is 3.15. The highest BCUT2D eigenvalue weighted by Gasteiger charge is 2.26. The van der Waals surface area contributed by atoms with Gasteiger partial charge in [0, 0.05) is 9.50 Å². The van der Waals surface area contributed by atoms with Crippen LogP contribution in [0.25, 0.3) is 6.08 Å². The Balaban J connectivity index is 1.63. The van der Waals surface area contributed by atoms with E-state index in [1.165, 1.54) is 31.4 Å². The number of methoxy groups -OCH3 is 1. The number of hydrogen-bond donors (Lipinski definition) is 0. The summed E-state index contributed by atoms with van der Waals surface area (Å²) >= 11 is 15.6. The number of nitrogens with zero attached hydrogens (tertiary/aromatic N) is 1. The molecule has 0 bridgehead atoms. The number of aliphatic imine (C=N–C) groups is 1. The molecule has 3 aromatic carbocycles. The van der Waals surface area contributed by atoms with Crippen LogP contribution in [0.2, 0.25) is 10.0 Å². The first kappa shape index (κ1) is 23.0. The van der Waals surface area contributed by atoms with Crippen molar-refractivity contribution >= 4 is 63.0 Å². The van der Waals surface area contributed by atoms with Gasteiger partial charge in [0.15, 0.2) is 17.2 Å². The van der Waals surface area contributed by atoms with Crippen LogP contribution in [0.3, 0.4) is 0 Å². The second-order valence-corrected chi connectivity index (χ2v) is 8.44. The Morgan fingerprint density at radius 1 is 1.09 bits per heavy atom. The molecule has 1 aliphatic rings. The van der Waals surface area contributed by atoms with Gasteiger partial charge in [-0.1, -0.05) is 35.3 Å². The van der Waals surface area contributed by atoms with Crippen molar-refractivity contribution in [2.24, 2.45) is 4.99 Å². The summed E-state index contributed by atoms with van der Waals surface area (Å²) < 4.78 is 16.8. The number of cyclic esters (lactones) is 1. The van der Waals surface area contributed by atoms with Crippen molar-refractivity contribution in [1.29, 1.82) is 0 Å². The summed E-state index contributed by atoms with van der Waals surface area (Å²) in [6.45, 7) is 0. The Bertz CT molecular complexity index is 1320. The zero-order chi connectivity index (χ0) is 23.5. The van der Waals surface area contributed by atoms with Crippen molar-refractivity contribution in [1.82, 2.24) is 0 Å². The third-order valence-corrected chi connectivity index (χ3v) is 5.78. The maximum Gasteiger partial charge on any atom is 0.363 e. The highest BCUT2D eigenvalue weighted by atomic mass is 79.9. The lowest BCUT2D eigenvalue weighted by Crippen LogP contribution is -2.09. The predicted octanol–water partition coefficient (Wildman–Crippen LogP) is 6.33. The van der Waals surface area contributed by atoms with Gasteiger partial charge in [-0.3, -0.25) is 0 Å². The summed E-state index contributed by atoms with van der Waals surface area (Å²) in [7, 11) is 1.41. The second-order valence-electron chi connectivity index (χ2n) is 6.75. The molecule has 0 saturated carbocycles. The van der Waals surface area contributed by atoms with Gasteiger partial charge in [0.05, 0.1) is 23.3 Å². The highest BCUT2D eigenvalue weighted by Crippen LogP contribution is 2.38. The molecule has 1 heterocycles. The lowest BCUT2D eigenvalue weighted by atomic mass is 10.1. The number of carbonyl (C=O) groups is 2. The highest BCUT2D eigenvalue weighted by molar-refractivity contribution is 9.10. The van der Waals surface area contributed by atoms with Crippen LogP contribution < -0.4 is 9.47 Å². The zero-order valence-corrected chi connectivity index (χ0v) is 20.1. The minimum atomic E-state index is -0.625. The minimum Gasteiger partial charge on any atom is -0.493 e. The molecular formula is C24H14BrCl2NO5. The van der Waals surface area contributed by atoms with Crippen molar-refractivity contribution < 1.29 is 23.8 Å². The largest absolute Gasteiger partial charge is 0.493 e. The van der Waals surface area contributed by atoms with Gasteiger partial charge in [0.2, 0.25) is 5.90 Å². The Hall–Kier alpha value is -3.13. The first-order valence-electron chi connectivity index (χ1n) is 9.48. The van der Waals surface area contributed by atoms with Crippen molar-refractivity contribution in [3.8, 4) is 11.5 Å². The monoisotopic (exact) mass is 545 g/mol. The normalized spacial score (nSPS) is 14.1. The number of hydrogen-bond acceptors (Lipinski definition) is 6. The lowest BCUT2D eigenvalue weighted by molar-refractivity contribution is -0.129. The van der Waals surface area contributed by atoms with Gasteiger partial charge in [0.25, 0.3) is 0 Å². The molecule has 0 radical (unpaired) electrons. The number of ether oxygens (including phenoxy) is 3. The van der Waals surface area contributed by atoms with Gasteiger partial charge < -0.3 is 14.2 Å². The van der Waals surface area contributed by atoms with Crippen LogP contribution in [0.5, 0.6) is 11.5 Å². The number of carbonyl (C=O) groups excluding carboxylic acids is 2. The summed E-state index contributed by atoms with van der Waals surface area (Å²) in [5, 5.41) is 0.611. The molecule has 0 spiro atoms. The third kappa shape index (κ3) is 5.11. The summed E-state index contributed by atoms with van der Waals surface area (Å²) in [4.78, 5) is 29.1. The minimum absolute atomic E-state index is 0.0488. The Morgan fingerprint density at radius 3 is 2.52 bits per heavy atom. The molecule has 3 aromatic rings. The van der Waals surface area contributed by atoms with Crippen LogP contribution in [0, 0.1) is 0 Å². The molecule has 1 aliphatic heterocycles. The molecule has 0 N–H and O–H groups in total. The van der Waals surface area contributed by atoms with Gasteiger partial charge in [-0.25, -0.2) is 14.6 Å². The molecule has 6 nitrogen and oxygen atoms in total. The van der Waals surface area contributed by atoms with Gasteiger partial charge in [-0.2, -0.15) is 0 Å². The first-order chi connectivity index (χ1) is 15.9. The fourth-order valence-electron chi connectivity index (χ4n) is 2.98. The van der Waals surface area contributed by atoms with Crippen molar-refractivity contribution in [2.45, 2.75) is 0 Å². The van der Waals surface area contributed by atoms with E-state index in [9.17, 15) is 9.59 Å². The summed E-state index contributed by atoms with van der Waals surface area (Å²) in [6.07, 6.45) is 1.51. The van der Waals surface area contributed by atoms with E-state index in [0.29, 0.717) is 21.7 Å². The third-order valence-electron chi connectivity index (χ3n) is 4.55. The SMILES string of the molecule is COc1cc(/C=C2\N=C(c3ccccc3Br)OC2=O)cc(Cl)c1OC(=O)c1ccc(Cl)cc1. The zero-order valence-electron chi connectivity index (χ0n) is 17.0. The fourth-order valence-corrected chi connectivity index (χ4v) is 3.81. The van der Waals surface area contributed by atoms with E-state index in [0.717, 1.165) is 4.47 Å². The van der Waals surface area contributed by atoms with Crippen LogP contribution in [0.1, 0.15) is 21.5 Å². The first-order valence-corrected chi connectivity index (χ1v) is 11.0. The Labute approximate surface area is 207 Å². The van der Waals surface area contributed by atoms with Gasteiger partial charge >= 0.3 is 11.9 Å². The topological polar surface area (TPSA) is 74.2 Å². The molecule has 166 valence electrons. The molecule has 0 unspecified atom stereocenters. The van der Waals surface area contributed by atoms with Gasteiger partial charge in [-0.05, 0) is 76.1 Å². The van der Waals surface area contributed by atoms with Crippen molar-refractivity contribution in [3.05, 3.63) is 97.6 Å². The van der Waals surface area contributed by atoms with E-state index < -0.39 is 11.9 Å². The Kier molecular flexibility index (Phi) is 6.83. The van der Waals surface area contributed by atoms with Crippen LogP contribution in [-0.2, 0) is 9.53 Å². The van der Waals surface area contributed by atoms with Crippen LogP contribution in [0.15, 0.2) is 75.8 Å².